The lowest BCUT2D eigenvalue weighted by atomic mass is 9.59. The van der Waals surface area contributed by atoms with Gasteiger partial charge in [-0.15, -0.1) is 0 Å². The Kier molecular flexibility index (Phi) is 6.36. The molecule has 6 heteroatoms. The van der Waals surface area contributed by atoms with Crippen molar-refractivity contribution in [3.8, 4) is 6.07 Å². The van der Waals surface area contributed by atoms with Gasteiger partial charge in [-0.25, -0.2) is 0 Å². The lowest BCUT2D eigenvalue weighted by Gasteiger charge is -2.44. The Morgan fingerprint density at radius 3 is 2.32 bits per heavy atom. The zero-order valence-electron chi connectivity index (χ0n) is 17.4. The van der Waals surface area contributed by atoms with Crippen molar-refractivity contribution in [1.29, 1.82) is 5.26 Å². The lowest BCUT2D eigenvalue weighted by Crippen LogP contribution is -2.53. The first-order valence-corrected chi connectivity index (χ1v) is 10.0. The van der Waals surface area contributed by atoms with E-state index in [1.54, 1.807) is 50.3 Å². The second kappa shape index (κ2) is 8.97. The molecular formula is C25H24N2O4. The normalized spacial score (nSPS) is 25.6. The van der Waals surface area contributed by atoms with Crippen LogP contribution < -0.4 is 0 Å². The molecule has 0 spiro atoms. The van der Waals surface area contributed by atoms with E-state index in [4.69, 9.17) is 5.26 Å². The Morgan fingerprint density at radius 2 is 1.77 bits per heavy atom. The maximum atomic E-state index is 12.7. The highest BCUT2D eigenvalue weighted by atomic mass is 16.4. The van der Waals surface area contributed by atoms with Crippen LogP contribution in [0.2, 0.25) is 0 Å². The molecule has 0 amide bonds. The molecule has 1 aliphatic rings. The smallest absolute Gasteiger partial charge is 0.316 e. The number of carboxylic acid groups (broad SMARTS) is 2. The summed E-state index contributed by atoms with van der Waals surface area (Å²) in [6.45, 7) is 3.34. The van der Waals surface area contributed by atoms with E-state index in [0.717, 1.165) is 5.56 Å². The number of nitriles is 1. The number of carboxylic acids is 2. The molecule has 4 atom stereocenters. The van der Waals surface area contributed by atoms with E-state index in [9.17, 15) is 19.8 Å². The summed E-state index contributed by atoms with van der Waals surface area (Å²) in [6, 6.07) is 17.4. The van der Waals surface area contributed by atoms with E-state index in [2.05, 4.69) is 4.99 Å². The molecule has 2 aromatic rings. The summed E-state index contributed by atoms with van der Waals surface area (Å²) >= 11 is 0. The van der Waals surface area contributed by atoms with Gasteiger partial charge in [-0.1, -0.05) is 54.6 Å². The molecular weight excluding hydrogens is 392 g/mol. The van der Waals surface area contributed by atoms with Crippen molar-refractivity contribution in [2.24, 2.45) is 16.3 Å². The SMILES string of the molecule is CC1=NC(C)C(C=CCc2ccccc2)(C(=O)O)C(c2ccc(C#N)cc2)C1C(=O)O. The first-order chi connectivity index (χ1) is 14.8. The van der Waals surface area contributed by atoms with Crippen LogP contribution in [-0.4, -0.2) is 33.9 Å². The third-order valence-electron chi connectivity index (χ3n) is 6.01. The highest BCUT2D eigenvalue weighted by molar-refractivity contribution is 6.03. The van der Waals surface area contributed by atoms with Crippen molar-refractivity contribution in [3.05, 3.63) is 83.4 Å². The molecule has 0 fully saturated rings. The largest absolute Gasteiger partial charge is 0.481 e. The number of carbonyl (C=O) groups is 2. The van der Waals surface area contributed by atoms with Gasteiger partial charge in [-0.05, 0) is 43.5 Å². The molecule has 0 bridgehead atoms. The predicted molar refractivity (Wildman–Crippen MR) is 117 cm³/mol. The maximum absolute atomic E-state index is 12.7. The molecule has 0 aromatic heterocycles. The molecule has 0 aliphatic carbocycles. The number of rotatable bonds is 6. The van der Waals surface area contributed by atoms with Crippen LogP contribution in [0.3, 0.4) is 0 Å². The zero-order chi connectivity index (χ0) is 22.6. The first-order valence-electron chi connectivity index (χ1n) is 10.0. The van der Waals surface area contributed by atoms with Gasteiger partial charge in [-0.2, -0.15) is 5.26 Å². The third kappa shape index (κ3) is 4.13. The van der Waals surface area contributed by atoms with Crippen molar-refractivity contribution in [1.82, 2.24) is 0 Å². The average molecular weight is 416 g/mol. The van der Waals surface area contributed by atoms with Crippen LogP contribution >= 0.6 is 0 Å². The molecule has 0 radical (unpaired) electrons. The Labute approximate surface area is 181 Å². The van der Waals surface area contributed by atoms with Gasteiger partial charge in [0.05, 0.1) is 17.7 Å². The Morgan fingerprint density at radius 1 is 1.13 bits per heavy atom. The van der Waals surface area contributed by atoms with Crippen LogP contribution in [0.5, 0.6) is 0 Å². The predicted octanol–water partition coefficient (Wildman–Crippen LogP) is 4.08. The summed E-state index contributed by atoms with van der Waals surface area (Å²) < 4.78 is 0. The summed E-state index contributed by atoms with van der Waals surface area (Å²) in [5.41, 5.74) is 0.838. The van der Waals surface area contributed by atoms with Gasteiger partial charge < -0.3 is 10.2 Å². The van der Waals surface area contributed by atoms with Gasteiger partial charge in [-0.3, -0.25) is 14.6 Å². The van der Waals surface area contributed by atoms with Crippen LogP contribution in [0.1, 0.15) is 36.5 Å². The topological polar surface area (TPSA) is 111 Å². The van der Waals surface area contributed by atoms with Gasteiger partial charge >= 0.3 is 11.9 Å². The third-order valence-corrected chi connectivity index (χ3v) is 6.01. The van der Waals surface area contributed by atoms with E-state index in [0.29, 0.717) is 23.3 Å². The molecule has 3 rings (SSSR count). The molecule has 2 N–H and O–H groups in total. The first kappa shape index (κ1) is 22.0. The molecule has 6 nitrogen and oxygen atoms in total. The summed E-state index contributed by atoms with van der Waals surface area (Å²) in [5, 5.41) is 29.5. The minimum absolute atomic E-state index is 0.391. The summed E-state index contributed by atoms with van der Waals surface area (Å²) in [4.78, 5) is 29.4. The Hall–Kier alpha value is -3.72. The highest BCUT2D eigenvalue weighted by Crippen LogP contribution is 2.50. The zero-order valence-corrected chi connectivity index (χ0v) is 17.4. The second-order valence-electron chi connectivity index (χ2n) is 7.80. The number of benzene rings is 2. The molecule has 0 saturated carbocycles. The fourth-order valence-corrected chi connectivity index (χ4v) is 4.45. The van der Waals surface area contributed by atoms with Crippen LogP contribution in [0.15, 0.2) is 71.7 Å². The minimum Gasteiger partial charge on any atom is -0.481 e. The van der Waals surface area contributed by atoms with E-state index >= 15 is 0 Å². The van der Waals surface area contributed by atoms with Crippen molar-refractivity contribution < 1.29 is 19.8 Å². The fraction of sp³-hybridized carbons (Fsp3) is 0.280. The van der Waals surface area contributed by atoms with Gasteiger partial charge in [0.25, 0.3) is 0 Å². The van der Waals surface area contributed by atoms with E-state index in [-0.39, 0.29) is 0 Å². The van der Waals surface area contributed by atoms with Crippen molar-refractivity contribution in [2.45, 2.75) is 32.2 Å². The molecule has 1 heterocycles. The molecule has 1 aliphatic heterocycles. The number of hydrogen-bond donors (Lipinski definition) is 2. The van der Waals surface area contributed by atoms with Gasteiger partial charge in [0.2, 0.25) is 0 Å². The van der Waals surface area contributed by atoms with Crippen molar-refractivity contribution in [2.75, 3.05) is 0 Å². The number of hydrogen-bond acceptors (Lipinski definition) is 4. The van der Waals surface area contributed by atoms with Gasteiger partial charge in [0.1, 0.15) is 11.3 Å². The van der Waals surface area contributed by atoms with Crippen LogP contribution in [0.4, 0.5) is 0 Å². The van der Waals surface area contributed by atoms with E-state index in [1.807, 2.05) is 36.4 Å². The Bertz CT molecular complexity index is 1070. The van der Waals surface area contributed by atoms with E-state index < -0.39 is 35.2 Å². The number of allylic oxidation sites excluding steroid dienone is 1. The maximum Gasteiger partial charge on any atom is 0.316 e. The molecule has 0 saturated heterocycles. The van der Waals surface area contributed by atoms with Crippen LogP contribution in [0, 0.1) is 22.7 Å². The van der Waals surface area contributed by atoms with Crippen LogP contribution in [-0.2, 0) is 16.0 Å². The van der Waals surface area contributed by atoms with Gasteiger partial charge in [0, 0.05) is 11.6 Å². The number of aliphatic carboxylic acids is 2. The van der Waals surface area contributed by atoms with Gasteiger partial charge in [0.15, 0.2) is 0 Å². The summed E-state index contributed by atoms with van der Waals surface area (Å²) in [6.07, 6.45) is 3.91. The van der Waals surface area contributed by atoms with Crippen LogP contribution in [0.25, 0.3) is 0 Å². The standard InChI is InChI=1S/C25H24N2O4/c1-16-21(23(28)29)22(20-12-10-19(15-26)11-13-20)25(24(30)31,17(2)27-16)14-6-9-18-7-4-3-5-8-18/h3-8,10-14,17,21-22H,9H2,1-2H3,(H,28,29)(H,30,31). The van der Waals surface area contributed by atoms with Crippen molar-refractivity contribution >= 4 is 17.7 Å². The molecule has 31 heavy (non-hydrogen) atoms. The number of aliphatic imine (C=N–C) groups is 1. The van der Waals surface area contributed by atoms with Crippen molar-refractivity contribution in [3.63, 3.8) is 0 Å². The average Bonchev–Trinajstić information content (AvgIpc) is 2.75. The van der Waals surface area contributed by atoms with E-state index in [1.165, 1.54) is 0 Å². The quantitative estimate of drug-likeness (QED) is 0.690. The highest BCUT2D eigenvalue weighted by Gasteiger charge is 2.57. The number of nitrogens with zero attached hydrogens (tertiary/aromatic N) is 2. The molecule has 4 unspecified atom stereocenters. The minimum atomic E-state index is -1.55. The fourth-order valence-electron chi connectivity index (χ4n) is 4.45. The molecule has 158 valence electrons. The Balaban J connectivity index is 2.16. The second-order valence-corrected chi connectivity index (χ2v) is 7.80. The summed E-state index contributed by atoms with van der Waals surface area (Å²) in [7, 11) is 0. The monoisotopic (exact) mass is 416 g/mol. The summed E-state index contributed by atoms with van der Waals surface area (Å²) in [5.74, 6) is -4.22. The lowest BCUT2D eigenvalue weighted by molar-refractivity contribution is -0.151. The molecule has 2 aromatic carbocycles.